The predicted molar refractivity (Wildman–Crippen MR) is 107 cm³/mol. The Hall–Kier alpha value is -2.52. The quantitative estimate of drug-likeness (QED) is 0.682. The second kappa shape index (κ2) is 7.38. The lowest BCUT2D eigenvalue weighted by Crippen LogP contribution is -2.25. The number of nitrogens with one attached hydrogen (secondary N) is 1. The topological polar surface area (TPSA) is 89.5 Å². The van der Waals surface area contributed by atoms with Crippen LogP contribution in [0.1, 0.15) is 50.9 Å². The van der Waals surface area contributed by atoms with Gasteiger partial charge in [0, 0.05) is 31.5 Å². The van der Waals surface area contributed by atoms with Crippen molar-refractivity contribution < 1.29 is 14.2 Å². The second-order valence-corrected chi connectivity index (χ2v) is 8.59. The summed E-state index contributed by atoms with van der Waals surface area (Å²) in [6.07, 6.45) is 2.03. The van der Waals surface area contributed by atoms with Crippen molar-refractivity contribution in [3.05, 3.63) is 35.9 Å². The molecule has 1 fully saturated rings. The standard InChI is InChI=1S/C20H27FN6O2/c1-20(2,3)27-18(10-15(25-27)12-7-14(21)17(28)8-12)23-19-16-9-13(11-29-4)24-26(16)6-5-22-19/h5-6,9-10,12,14,17,28H,7-8,11H2,1-4H3,(H,22,23). The van der Waals surface area contributed by atoms with Crippen molar-refractivity contribution in [2.75, 3.05) is 12.4 Å². The molecular weight excluding hydrogens is 375 g/mol. The molecule has 0 radical (unpaired) electrons. The van der Waals surface area contributed by atoms with Gasteiger partial charge in [0.25, 0.3) is 0 Å². The van der Waals surface area contributed by atoms with Crippen LogP contribution in [0, 0.1) is 0 Å². The Labute approximate surface area is 168 Å². The molecule has 9 heteroatoms. The lowest BCUT2D eigenvalue weighted by molar-refractivity contribution is 0.103. The van der Waals surface area contributed by atoms with Gasteiger partial charge in [-0.1, -0.05) is 0 Å². The van der Waals surface area contributed by atoms with Crippen LogP contribution in [0.25, 0.3) is 5.52 Å². The van der Waals surface area contributed by atoms with E-state index in [0.717, 1.165) is 22.7 Å². The van der Waals surface area contributed by atoms with Gasteiger partial charge < -0.3 is 15.2 Å². The average molecular weight is 402 g/mol. The number of rotatable bonds is 5. The number of aliphatic hydroxyl groups excluding tert-OH is 1. The first-order valence-electron chi connectivity index (χ1n) is 9.78. The average Bonchev–Trinajstić information content (AvgIpc) is 3.33. The molecule has 0 spiro atoms. The van der Waals surface area contributed by atoms with Crippen molar-refractivity contribution in [2.24, 2.45) is 0 Å². The molecule has 29 heavy (non-hydrogen) atoms. The van der Waals surface area contributed by atoms with Crippen LogP contribution in [0.3, 0.4) is 0 Å². The number of hydrogen-bond acceptors (Lipinski definition) is 6. The Morgan fingerprint density at radius 2 is 2.07 bits per heavy atom. The van der Waals surface area contributed by atoms with Crippen molar-refractivity contribution in [1.29, 1.82) is 0 Å². The molecule has 3 aromatic rings. The third kappa shape index (κ3) is 3.84. The van der Waals surface area contributed by atoms with Crippen LogP contribution in [-0.4, -0.2) is 48.9 Å². The summed E-state index contributed by atoms with van der Waals surface area (Å²) in [6.45, 7) is 6.58. The van der Waals surface area contributed by atoms with Gasteiger partial charge in [0.05, 0.1) is 29.6 Å². The molecule has 1 saturated carbocycles. The van der Waals surface area contributed by atoms with Crippen molar-refractivity contribution in [3.63, 3.8) is 0 Å². The maximum absolute atomic E-state index is 13.9. The fourth-order valence-corrected chi connectivity index (χ4v) is 3.81. The van der Waals surface area contributed by atoms with Crippen molar-refractivity contribution in [3.8, 4) is 0 Å². The summed E-state index contributed by atoms with van der Waals surface area (Å²) in [5.41, 5.74) is 2.12. The monoisotopic (exact) mass is 402 g/mol. The van der Waals surface area contributed by atoms with Gasteiger partial charge >= 0.3 is 0 Å². The van der Waals surface area contributed by atoms with E-state index in [2.05, 4.69) is 36.2 Å². The second-order valence-electron chi connectivity index (χ2n) is 8.59. The number of alkyl halides is 1. The third-order valence-corrected chi connectivity index (χ3v) is 5.21. The van der Waals surface area contributed by atoms with Crippen LogP contribution in [-0.2, 0) is 16.9 Å². The first kappa shape index (κ1) is 19.8. The molecule has 3 aromatic heterocycles. The minimum Gasteiger partial charge on any atom is -0.390 e. The number of hydrogen-bond donors (Lipinski definition) is 2. The Bertz CT molecular complexity index is 998. The zero-order chi connectivity index (χ0) is 20.8. The Balaban J connectivity index is 1.70. The summed E-state index contributed by atoms with van der Waals surface area (Å²) in [5, 5.41) is 22.4. The van der Waals surface area contributed by atoms with Crippen LogP contribution in [0.2, 0.25) is 0 Å². The molecule has 0 aliphatic heterocycles. The zero-order valence-electron chi connectivity index (χ0n) is 17.1. The van der Waals surface area contributed by atoms with E-state index in [9.17, 15) is 9.50 Å². The van der Waals surface area contributed by atoms with E-state index in [-0.39, 0.29) is 11.5 Å². The molecule has 3 heterocycles. The van der Waals surface area contributed by atoms with Crippen molar-refractivity contribution in [1.82, 2.24) is 24.4 Å². The minimum absolute atomic E-state index is 0.101. The van der Waals surface area contributed by atoms with Crippen molar-refractivity contribution >= 4 is 17.2 Å². The maximum atomic E-state index is 13.9. The highest BCUT2D eigenvalue weighted by atomic mass is 19.1. The van der Waals surface area contributed by atoms with Gasteiger partial charge in [0.2, 0.25) is 0 Å². The molecule has 0 amide bonds. The van der Waals surface area contributed by atoms with Gasteiger partial charge in [-0.05, 0) is 39.7 Å². The number of ether oxygens (including phenoxy) is 1. The molecule has 2 N–H and O–H groups in total. The van der Waals surface area contributed by atoms with E-state index in [4.69, 9.17) is 9.84 Å². The van der Waals surface area contributed by atoms with E-state index in [1.165, 1.54) is 0 Å². The lowest BCUT2D eigenvalue weighted by Gasteiger charge is -2.22. The predicted octanol–water partition coefficient (Wildman–Crippen LogP) is 3.15. The zero-order valence-corrected chi connectivity index (χ0v) is 17.1. The van der Waals surface area contributed by atoms with E-state index in [1.807, 2.05) is 16.8 Å². The molecule has 3 unspecified atom stereocenters. The van der Waals surface area contributed by atoms with Gasteiger partial charge in [-0.3, -0.25) is 0 Å². The Morgan fingerprint density at radius 1 is 1.28 bits per heavy atom. The van der Waals surface area contributed by atoms with Gasteiger partial charge in [0.15, 0.2) is 5.82 Å². The summed E-state index contributed by atoms with van der Waals surface area (Å²) in [5.74, 6) is 1.31. The van der Waals surface area contributed by atoms with Crippen LogP contribution >= 0.6 is 0 Å². The van der Waals surface area contributed by atoms with Gasteiger partial charge in [0.1, 0.15) is 17.5 Å². The lowest BCUT2D eigenvalue weighted by atomic mass is 10.0. The Kier molecular flexibility index (Phi) is 5.04. The highest BCUT2D eigenvalue weighted by molar-refractivity contribution is 5.72. The van der Waals surface area contributed by atoms with Crippen LogP contribution in [0.5, 0.6) is 0 Å². The van der Waals surface area contributed by atoms with Gasteiger partial charge in [-0.2, -0.15) is 10.2 Å². The fourth-order valence-electron chi connectivity index (χ4n) is 3.81. The number of nitrogens with zero attached hydrogens (tertiary/aromatic N) is 5. The highest BCUT2D eigenvalue weighted by Gasteiger charge is 2.36. The number of aromatic nitrogens is 5. The van der Waals surface area contributed by atoms with E-state index < -0.39 is 12.3 Å². The summed E-state index contributed by atoms with van der Waals surface area (Å²) in [6, 6.07) is 3.86. The van der Waals surface area contributed by atoms with Crippen LogP contribution < -0.4 is 5.32 Å². The van der Waals surface area contributed by atoms with E-state index >= 15 is 0 Å². The fraction of sp³-hybridized carbons (Fsp3) is 0.550. The first-order chi connectivity index (χ1) is 13.8. The van der Waals surface area contributed by atoms with E-state index in [0.29, 0.717) is 25.3 Å². The SMILES string of the molecule is COCc1cc2c(Nc3cc(C4CC(O)C(F)C4)nn3C(C)(C)C)nccn2n1. The molecule has 1 aliphatic rings. The maximum Gasteiger partial charge on any atom is 0.157 e. The molecule has 0 saturated heterocycles. The number of methoxy groups -OCH3 is 1. The Morgan fingerprint density at radius 3 is 2.72 bits per heavy atom. The number of anilines is 2. The first-order valence-corrected chi connectivity index (χ1v) is 9.78. The molecule has 0 aromatic carbocycles. The highest BCUT2D eigenvalue weighted by Crippen LogP contribution is 2.38. The summed E-state index contributed by atoms with van der Waals surface area (Å²) >= 11 is 0. The largest absolute Gasteiger partial charge is 0.390 e. The molecule has 4 rings (SSSR count). The normalized spacial score (nSPS) is 22.5. The van der Waals surface area contributed by atoms with Crippen molar-refractivity contribution in [2.45, 2.75) is 64.0 Å². The number of halogens is 1. The number of fused-ring (bicyclic) bond motifs is 1. The summed E-state index contributed by atoms with van der Waals surface area (Å²) in [7, 11) is 1.63. The number of aliphatic hydroxyl groups is 1. The third-order valence-electron chi connectivity index (χ3n) is 5.21. The molecule has 1 aliphatic carbocycles. The van der Waals surface area contributed by atoms with Crippen LogP contribution in [0.15, 0.2) is 24.5 Å². The van der Waals surface area contributed by atoms with E-state index in [1.54, 1.807) is 24.0 Å². The molecule has 0 bridgehead atoms. The van der Waals surface area contributed by atoms with Gasteiger partial charge in [-0.15, -0.1) is 0 Å². The van der Waals surface area contributed by atoms with Crippen LogP contribution in [0.4, 0.5) is 16.0 Å². The summed E-state index contributed by atoms with van der Waals surface area (Å²) < 4.78 is 22.7. The summed E-state index contributed by atoms with van der Waals surface area (Å²) in [4.78, 5) is 4.48. The molecular formula is C20H27FN6O2. The smallest absolute Gasteiger partial charge is 0.157 e. The van der Waals surface area contributed by atoms with Gasteiger partial charge in [-0.25, -0.2) is 18.6 Å². The molecule has 3 atom stereocenters. The molecule has 156 valence electrons. The minimum atomic E-state index is -1.20. The molecule has 8 nitrogen and oxygen atoms in total.